The number of likely N-dealkylation sites (tertiary alicyclic amines) is 1. The molecule has 0 aliphatic carbocycles. The largest absolute Gasteiger partial charge is 0.374 e. The molecule has 0 unspecified atom stereocenters. The standard InChI is InChI=1S/C17H22FN3O2/c18-13-10-14-12(5-6-16(22)20-14)9-15(13)19-11-17(23)21-7-3-1-2-4-8-21/h9-10,19H,1-8,11H2,(H,20,22). The van der Waals surface area contributed by atoms with Crippen LogP contribution >= 0.6 is 0 Å². The number of nitrogens with zero attached hydrogens (tertiary/aromatic N) is 1. The summed E-state index contributed by atoms with van der Waals surface area (Å²) < 4.78 is 14.1. The van der Waals surface area contributed by atoms with Crippen LogP contribution in [-0.2, 0) is 16.0 Å². The van der Waals surface area contributed by atoms with Gasteiger partial charge in [0.25, 0.3) is 0 Å². The minimum absolute atomic E-state index is 0.0114. The van der Waals surface area contributed by atoms with Gasteiger partial charge in [-0.2, -0.15) is 0 Å². The molecular formula is C17H22FN3O2. The molecule has 1 aromatic rings. The van der Waals surface area contributed by atoms with Crippen LogP contribution in [0.15, 0.2) is 12.1 Å². The number of carbonyl (C=O) groups is 2. The van der Waals surface area contributed by atoms with Crippen molar-refractivity contribution in [3.63, 3.8) is 0 Å². The molecule has 0 saturated carbocycles. The summed E-state index contributed by atoms with van der Waals surface area (Å²) in [5.41, 5.74) is 1.75. The van der Waals surface area contributed by atoms with Gasteiger partial charge in [-0.25, -0.2) is 4.39 Å². The lowest BCUT2D eigenvalue weighted by Gasteiger charge is -2.22. The van der Waals surface area contributed by atoms with Crippen LogP contribution < -0.4 is 10.6 Å². The zero-order valence-corrected chi connectivity index (χ0v) is 13.2. The smallest absolute Gasteiger partial charge is 0.241 e. The number of halogens is 1. The van der Waals surface area contributed by atoms with Gasteiger partial charge in [-0.1, -0.05) is 12.8 Å². The van der Waals surface area contributed by atoms with Gasteiger partial charge in [0.1, 0.15) is 5.82 Å². The Bertz CT molecular complexity index is 610. The van der Waals surface area contributed by atoms with Gasteiger partial charge in [0.05, 0.1) is 12.2 Å². The average molecular weight is 319 g/mol. The van der Waals surface area contributed by atoms with E-state index in [0.29, 0.717) is 24.2 Å². The highest BCUT2D eigenvalue weighted by atomic mass is 19.1. The molecule has 2 heterocycles. The maximum Gasteiger partial charge on any atom is 0.241 e. The van der Waals surface area contributed by atoms with Crippen molar-refractivity contribution in [3.05, 3.63) is 23.5 Å². The summed E-state index contributed by atoms with van der Waals surface area (Å²) in [5.74, 6) is -0.527. The molecular weight excluding hydrogens is 297 g/mol. The molecule has 2 aliphatic rings. The number of hydrogen-bond donors (Lipinski definition) is 2. The van der Waals surface area contributed by atoms with E-state index in [0.717, 1.165) is 31.5 Å². The number of anilines is 2. The molecule has 3 rings (SSSR count). The van der Waals surface area contributed by atoms with E-state index in [2.05, 4.69) is 10.6 Å². The molecule has 124 valence electrons. The van der Waals surface area contributed by atoms with E-state index in [1.54, 1.807) is 6.07 Å². The fourth-order valence-corrected chi connectivity index (χ4v) is 3.14. The number of benzene rings is 1. The van der Waals surface area contributed by atoms with Crippen molar-refractivity contribution < 1.29 is 14.0 Å². The van der Waals surface area contributed by atoms with Gasteiger partial charge in [0.15, 0.2) is 0 Å². The quantitative estimate of drug-likeness (QED) is 0.900. The Kier molecular flexibility index (Phi) is 4.79. The normalized spacial score (nSPS) is 18.0. The molecule has 23 heavy (non-hydrogen) atoms. The number of fused-ring (bicyclic) bond motifs is 1. The van der Waals surface area contributed by atoms with Crippen molar-refractivity contribution in [3.8, 4) is 0 Å². The van der Waals surface area contributed by atoms with Gasteiger partial charge in [-0.3, -0.25) is 9.59 Å². The summed E-state index contributed by atoms with van der Waals surface area (Å²) in [5, 5.41) is 5.58. The van der Waals surface area contributed by atoms with E-state index in [1.807, 2.05) is 4.90 Å². The van der Waals surface area contributed by atoms with Crippen LogP contribution in [0.25, 0.3) is 0 Å². The second-order valence-electron chi connectivity index (χ2n) is 6.19. The van der Waals surface area contributed by atoms with Crippen molar-refractivity contribution in [1.82, 2.24) is 4.90 Å². The molecule has 5 nitrogen and oxygen atoms in total. The molecule has 1 fully saturated rings. The first-order valence-corrected chi connectivity index (χ1v) is 8.27. The first-order chi connectivity index (χ1) is 11.1. The first kappa shape index (κ1) is 15.8. The highest BCUT2D eigenvalue weighted by Gasteiger charge is 2.19. The number of amides is 2. The van der Waals surface area contributed by atoms with Gasteiger partial charge in [0.2, 0.25) is 11.8 Å². The third-order valence-corrected chi connectivity index (χ3v) is 4.48. The van der Waals surface area contributed by atoms with E-state index in [9.17, 15) is 14.0 Å². The molecule has 0 bridgehead atoms. The van der Waals surface area contributed by atoms with Crippen molar-refractivity contribution in [2.24, 2.45) is 0 Å². The van der Waals surface area contributed by atoms with Crippen molar-refractivity contribution in [2.75, 3.05) is 30.3 Å². The van der Waals surface area contributed by atoms with Crippen LogP contribution in [0.1, 0.15) is 37.7 Å². The van der Waals surface area contributed by atoms with Crippen molar-refractivity contribution >= 4 is 23.2 Å². The van der Waals surface area contributed by atoms with E-state index in [1.165, 1.54) is 18.9 Å². The maximum atomic E-state index is 14.1. The lowest BCUT2D eigenvalue weighted by atomic mass is 10.0. The fourth-order valence-electron chi connectivity index (χ4n) is 3.14. The van der Waals surface area contributed by atoms with Gasteiger partial charge in [-0.05, 0) is 37.0 Å². The van der Waals surface area contributed by atoms with Crippen LogP contribution in [0, 0.1) is 5.82 Å². The second-order valence-corrected chi connectivity index (χ2v) is 6.19. The third kappa shape index (κ3) is 3.81. The van der Waals surface area contributed by atoms with Crippen LogP contribution in [0.5, 0.6) is 0 Å². The van der Waals surface area contributed by atoms with Crippen LogP contribution in [0.2, 0.25) is 0 Å². The lowest BCUT2D eigenvalue weighted by Crippen LogP contribution is -2.36. The molecule has 2 amide bonds. The highest BCUT2D eigenvalue weighted by molar-refractivity contribution is 5.94. The first-order valence-electron chi connectivity index (χ1n) is 8.27. The topological polar surface area (TPSA) is 61.4 Å². The predicted octanol–water partition coefficient (Wildman–Crippen LogP) is 2.52. The number of carbonyl (C=O) groups excluding carboxylic acids is 2. The van der Waals surface area contributed by atoms with E-state index in [-0.39, 0.29) is 18.4 Å². The van der Waals surface area contributed by atoms with Crippen molar-refractivity contribution in [2.45, 2.75) is 38.5 Å². The third-order valence-electron chi connectivity index (χ3n) is 4.48. The summed E-state index contributed by atoms with van der Waals surface area (Å²) in [4.78, 5) is 25.4. The second kappa shape index (κ2) is 6.98. The Labute approximate surface area is 135 Å². The fraction of sp³-hybridized carbons (Fsp3) is 0.529. The summed E-state index contributed by atoms with van der Waals surface area (Å²) in [6.45, 7) is 1.68. The summed E-state index contributed by atoms with van der Waals surface area (Å²) in [6.07, 6.45) is 5.42. The average Bonchev–Trinajstić information content (AvgIpc) is 2.82. The van der Waals surface area contributed by atoms with Gasteiger partial charge >= 0.3 is 0 Å². The molecule has 2 aliphatic heterocycles. The van der Waals surface area contributed by atoms with Crippen LogP contribution in [0.3, 0.4) is 0 Å². The van der Waals surface area contributed by atoms with Crippen molar-refractivity contribution in [1.29, 1.82) is 0 Å². The molecule has 0 aromatic heterocycles. The Balaban J connectivity index is 1.63. The number of rotatable bonds is 3. The van der Waals surface area contributed by atoms with E-state index >= 15 is 0 Å². The number of aryl methyl sites for hydroxylation is 1. The lowest BCUT2D eigenvalue weighted by molar-refractivity contribution is -0.129. The van der Waals surface area contributed by atoms with Gasteiger partial charge in [-0.15, -0.1) is 0 Å². The van der Waals surface area contributed by atoms with Gasteiger partial charge in [0, 0.05) is 25.2 Å². The van der Waals surface area contributed by atoms with Crippen LogP contribution in [0.4, 0.5) is 15.8 Å². The minimum atomic E-state index is -0.449. The summed E-state index contributed by atoms with van der Waals surface area (Å²) in [6, 6.07) is 3.02. The number of hydrogen-bond acceptors (Lipinski definition) is 3. The molecule has 1 saturated heterocycles. The molecule has 2 N–H and O–H groups in total. The zero-order chi connectivity index (χ0) is 16.2. The monoisotopic (exact) mass is 319 g/mol. The van der Waals surface area contributed by atoms with Gasteiger partial charge < -0.3 is 15.5 Å². The SMILES string of the molecule is O=C1CCc2cc(NCC(=O)N3CCCCCC3)c(F)cc2N1. The molecule has 1 aromatic carbocycles. The molecule has 6 heteroatoms. The Morgan fingerprint density at radius 3 is 2.65 bits per heavy atom. The minimum Gasteiger partial charge on any atom is -0.374 e. The Hall–Kier alpha value is -2.11. The number of nitrogens with one attached hydrogen (secondary N) is 2. The highest BCUT2D eigenvalue weighted by Crippen LogP contribution is 2.28. The van der Waals surface area contributed by atoms with E-state index in [4.69, 9.17) is 0 Å². The maximum absolute atomic E-state index is 14.1. The molecule has 0 spiro atoms. The summed E-state index contributed by atoms with van der Waals surface area (Å²) in [7, 11) is 0. The Morgan fingerprint density at radius 1 is 1.17 bits per heavy atom. The predicted molar refractivity (Wildman–Crippen MR) is 86.9 cm³/mol. The Morgan fingerprint density at radius 2 is 1.91 bits per heavy atom. The molecule has 0 radical (unpaired) electrons. The summed E-state index contributed by atoms with van der Waals surface area (Å²) >= 11 is 0. The van der Waals surface area contributed by atoms with E-state index < -0.39 is 5.82 Å². The van der Waals surface area contributed by atoms with Crippen LogP contribution in [-0.4, -0.2) is 36.3 Å². The zero-order valence-electron chi connectivity index (χ0n) is 13.2. The molecule has 0 atom stereocenters.